The minimum atomic E-state index is 0.196. The van der Waals surface area contributed by atoms with Gasteiger partial charge < -0.3 is 10.0 Å². The molecule has 0 atom stereocenters. The molecule has 1 heterocycles. The van der Waals surface area contributed by atoms with Crippen LogP contribution in [-0.4, -0.2) is 23.8 Å². The summed E-state index contributed by atoms with van der Waals surface area (Å²) in [5.41, 5.74) is 2.76. The van der Waals surface area contributed by atoms with Crippen molar-refractivity contribution in [2.75, 3.05) is 11.4 Å². The van der Waals surface area contributed by atoms with Gasteiger partial charge in [0, 0.05) is 30.4 Å². The second-order valence-electron chi connectivity index (χ2n) is 6.50. The number of aromatic hydroxyl groups is 1. The highest BCUT2D eigenvalue weighted by Gasteiger charge is 2.21. The Bertz CT molecular complexity index is 977. The zero-order chi connectivity index (χ0) is 17.9. The number of phenolic OH excluding ortho intramolecular Hbond substituents is 1. The highest BCUT2D eigenvalue weighted by Crippen LogP contribution is 2.26. The summed E-state index contributed by atoms with van der Waals surface area (Å²) in [7, 11) is 0. The number of carbonyl (C=O) groups excluding carboxylic acids is 1. The lowest BCUT2D eigenvalue weighted by atomic mass is 10.0. The summed E-state index contributed by atoms with van der Waals surface area (Å²) < 4.78 is 0. The Balaban J connectivity index is 1.51. The largest absolute Gasteiger partial charge is 0.507 e. The maximum absolute atomic E-state index is 11.8. The van der Waals surface area contributed by atoms with E-state index in [9.17, 15) is 9.90 Å². The number of rotatable bonds is 4. The molecule has 1 fully saturated rings. The first-order valence-electron chi connectivity index (χ1n) is 8.82. The Morgan fingerprint density at radius 3 is 2.62 bits per heavy atom. The summed E-state index contributed by atoms with van der Waals surface area (Å²) in [5.74, 6) is 0.428. The number of hydrogen-bond acceptors (Lipinski definition) is 3. The van der Waals surface area contributed by atoms with Crippen LogP contribution in [0.4, 0.5) is 5.69 Å². The third-order valence-corrected chi connectivity index (χ3v) is 4.76. The van der Waals surface area contributed by atoms with Crippen LogP contribution in [0.2, 0.25) is 0 Å². The molecule has 0 bridgehead atoms. The Hall–Kier alpha value is -3.14. The fourth-order valence-electron chi connectivity index (χ4n) is 3.36. The first-order chi connectivity index (χ1) is 12.7. The van der Waals surface area contributed by atoms with Crippen LogP contribution in [0.25, 0.3) is 10.8 Å². The molecule has 130 valence electrons. The Morgan fingerprint density at radius 1 is 1.04 bits per heavy atom. The number of aliphatic imine (C=N–C) groups is 1. The van der Waals surface area contributed by atoms with Gasteiger partial charge in [-0.15, -0.1) is 0 Å². The Kier molecular flexibility index (Phi) is 4.40. The third kappa shape index (κ3) is 3.18. The molecule has 0 unspecified atom stereocenters. The average molecular weight is 344 g/mol. The fraction of sp³-hybridized carbons (Fsp3) is 0.182. The van der Waals surface area contributed by atoms with Gasteiger partial charge in [0.25, 0.3) is 0 Å². The fourth-order valence-corrected chi connectivity index (χ4v) is 3.36. The van der Waals surface area contributed by atoms with Gasteiger partial charge >= 0.3 is 0 Å². The van der Waals surface area contributed by atoms with E-state index in [2.05, 4.69) is 4.99 Å². The first kappa shape index (κ1) is 16.3. The molecule has 4 rings (SSSR count). The molecule has 3 aromatic rings. The second-order valence-corrected chi connectivity index (χ2v) is 6.50. The number of fused-ring (bicyclic) bond motifs is 1. The Labute approximate surface area is 152 Å². The maximum Gasteiger partial charge on any atom is 0.227 e. The van der Waals surface area contributed by atoms with E-state index in [1.165, 1.54) is 0 Å². The minimum absolute atomic E-state index is 0.196. The molecule has 1 N–H and O–H groups in total. The van der Waals surface area contributed by atoms with E-state index >= 15 is 0 Å². The lowest BCUT2D eigenvalue weighted by molar-refractivity contribution is -0.117. The van der Waals surface area contributed by atoms with Crippen molar-refractivity contribution in [2.45, 2.75) is 19.4 Å². The molecular formula is C22H20N2O2. The summed E-state index contributed by atoms with van der Waals surface area (Å²) in [6, 6.07) is 19.5. The summed E-state index contributed by atoms with van der Waals surface area (Å²) in [4.78, 5) is 18.1. The van der Waals surface area contributed by atoms with Crippen molar-refractivity contribution in [2.24, 2.45) is 4.99 Å². The van der Waals surface area contributed by atoms with Crippen molar-refractivity contribution in [1.82, 2.24) is 0 Å². The monoisotopic (exact) mass is 344 g/mol. The number of benzene rings is 3. The van der Waals surface area contributed by atoms with E-state index in [1.54, 1.807) is 12.3 Å². The number of hydrogen-bond donors (Lipinski definition) is 1. The van der Waals surface area contributed by atoms with Gasteiger partial charge in [0.2, 0.25) is 5.91 Å². The quantitative estimate of drug-likeness (QED) is 0.718. The topological polar surface area (TPSA) is 52.9 Å². The van der Waals surface area contributed by atoms with E-state index in [1.807, 2.05) is 59.5 Å². The molecule has 1 aliphatic rings. The zero-order valence-corrected chi connectivity index (χ0v) is 14.4. The van der Waals surface area contributed by atoms with E-state index in [0.29, 0.717) is 13.0 Å². The van der Waals surface area contributed by atoms with Gasteiger partial charge in [-0.2, -0.15) is 0 Å². The number of amides is 1. The van der Waals surface area contributed by atoms with Crippen LogP contribution in [0.5, 0.6) is 5.75 Å². The molecule has 0 radical (unpaired) electrons. The van der Waals surface area contributed by atoms with Gasteiger partial charge in [-0.1, -0.05) is 42.5 Å². The van der Waals surface area contributed by atoms with Crippen LogP contribution in [-0.2, 0) is 11.3 Å². The molecule has 1 saturated heterocycles. The van der Waals surface area contributed by atoms with Gasteiger partial charge in [-0.05, 0) is 41.0 Å². The summed E-state index contributed by atoms with van der Waals surface area (Å²) >= 11 is 0. The highest BCUT2D eigenvalue weighted by atomic mass is 16.3. The van der Waals surface area contributed by atoms with Crippen molar-refractivity contribution >= 4 is 28.6 Å². The maximum atomic E-state index is 11.8. The van der Waals surface area contributed by atoms with E-state index in [-0.39, 0.29) is 11.7 Å². The van der Waals surface area contributed by atoms with Crippen LogP contribution < -0.4 is 4.90 Å². The molecule has 0 saturated carbocycles. The normalized spacial score (nSPS) is 14.6. The molecular weight excluding hydrogens is 324 g/mol. The number of anilines is 1. The molecule has 4 nitrogen and oxygen atoms in total. The molecule has 4 heteroatoms. The lowest BCUT2D eigenvalue weighted by Gasteiger charge is -2.15. The molecule has 1 aliphatic heterocycles. The van der Waals surface area contributed by atoms with Gasteiger partial charge in [-0.3, -0.25) is 9.79 Å². The Morgan fingerprint density at radius 2 is 1.85 bits per heavy atom. The summed E-state index contributed by atoms with van der Waals surface area (Å²) in [5, 5.41) is 12.2. The molecule has 0 spiro atoms. The summed E-state index contributed by atoms with van der Waals surface area (Å²) in [6.45, 7) is 1.33. The van der Waals surface area contributed by atoms with Crippen LogP contribution in [0, 0.1) is 0 Å². The van der Waals surface area contributed by atoms with Crippen LogP contribution in [0.3, 0.4) is 0 Å². The van der Waals surface area contributed by atoms with E-state index in [0.717, 1.165) is 40.6 Å². The average Bonchev–Trinajstić information content (AvgIpc) is 3.10. The minimum Gasteiger partial charge on any atom is -0.507 e. The number of carbonyl (C=O) groups is 1. The van der Waals surface area contributed by atoms with Gasteiger partial charge in [0.05, 0.1) is 6.54 Å². The van der Waals surface area contributed by atoms with Crippen molar-refractivity contribution in [1.29, 1.82) is 0 Å². The van der Waals surface area contributed by atoms with Crippen LogP contribution >= 0.6 is 0 Å². The van der Waals surface area contributed by atoms with Crippen molar-refractivity contribution in [3.05, 3.63) is 71.8 Å². The van der Waals surface area contributed by atoms with E-state index in [4.69, 9.17) is 0 Å². The molecule has 0 aliphatic carbocycles. The SMILES string of the molecule is O=C1CCCN1c1ccc(CN=Cc2c(O)ccc3ccccc23)cc1. The molecule has 26 heavy (non-hydrogen) atoms. The van der Waals surface area contributed by atoms with Gasteiger partial charge in [-0.25, -0.2) is 0 Å². The first-order valence-corrected chi connectivity index (χ1v) is 8.82. The molecule has 0 aromatic heterocycles. The number of phenols is 1. The smallest absolute Gasteiger partial charge is 0.227 e. The van der Waals surface area contributed by atoms with Crippen molar-refractivity contribution in [3.63, 3.8) is 0 Å². The second kappa shape index (κ2) is 7.00. The predicted octanol–water partition coefficient (Wildman–Crippen LogP) is 4.29. The molecule has 1 amide bonds. The zero-order valence-electron chi connectivity index (χ0n) is 14.4. The van der Waals surface area contributed by atoms with Crippen LogP contribution in [0.15, 0.2) is 65.7 Å². The van der Waals surface area contributed by atoms with Crippen molar-refractivity contribution in [3.8, 4) is 5.75 Å². The van der Waals surface area contributed by atoms with E-state index < -0.39 is 0 Å². The lowest BCUT2D eigenvalue weighted by Crippen LogP contribution is -2.23. The highest BCUT2D eigenvalue weighted by molar-refractivity contribution is 6.02. The number of nitrogens with zero attached hydrogens (tertiary/aromatic N) is 2. The van der Waals surface area contributed by atoms with Gasteiger partial charge in [0.1, 0.15) is 5.75 Å². The standard InChI is InChI=1S/C22H20N2O2/c25-21-12-9-17-4-1-2-5-19(17)20(21)15-23-14-16-7-10-18(11-8-16)24-13-3-6-22(24)26/h1-2,4-5,7-12,15,25H,3,6,13-14H2. The third-order valence-electron chi connectivity index (χ3n) is 4.76. The predicted molar refractivity (Wildman–Crippen MR) is 105 cm³/mol. The molecule has 3 aromatic carbocycles. The summed E-state index contributed by atoms with van der Waals surface area (Å²) in [6.07, 6.45) is 3.30. The van der Waals surface area contributed by atoms with Crippen LogP contribution in [0.1, 0.15) is 24.0 Å². The van der Waals surface area contributed by atoms with Gasteiger partial charge in [0.15, 0.2) is 0 Å². The van der Waals surface area contributed by atoms with Crippen molar-refractivity contribution < 1.29 is 9.90 Å².